The molecule has 26 heavy (non-hydrogen) atoms. The molecule has 0 aliphatic heterocycles. The molecule has 3 nitrogen and oxygen atoms in total. The minimum atomic E-state index is -4.45. The maximum absolute atomic E-state index is 13.0. The number of nitrogens with zero attached hydrogens (tertiary/aromatic N) is 1. The summed E-state index contributed by atoms with van der Waals surface area (Å²) in [6, 6.07) is 15.2. The molecular weight excluding hydrogens is 341 g/mol. The molecule has 3 aromatic rings. The molecule has 0 saturated heterocycles. The number of carbonyl (C=O) groups is 1. The fourth-order valence-electron chi connectivity index (χ4n) is 2.60. The molecule has 6 heteroatoms. The van der Waals surface area contributed by atoms with Crippen LogP contribution in [0.5, 0.6) is 0 Å². The number of nitrogens with one attached hydrogen (secondary N) is 1. The number of hydrogen-bond donors (Lipinski definition) is 1. The summed E-state index contributed by atoms with van der Waals surface area (Å²) in [6.45, 7) is 1.81. The zero-order valence-corrected chi connectivity index (χ0v) is 13.8. The van der Waals surface area contributed by atoms with E-state index in [2.05, 4.69) is 10.3 Å². The van der Waals surface area contributed by atoms with Crippen LogP contribution in [-0.4, -0.2) is 10.9 Å². The first-order valence-corrected chi connectivity index (χ1v) is 7.86. The monoisotopic (exact) mass is 356 g/mol. The summed E-state index contributed by atoms with van der Waals surface area (Å²) in [5.41, 5.74) is 1.43. The van der Waals surface area contributed by atoms with Crippen molar-refractivity contribution in [2.45, 2.75) is 13.1 Å². The van der Waals surface area contributed by atoms with E-state index >= 15 is 0 Å². The third-order valence-corrected chi connectivity index (χ3v) is 3.91. The van der Waals surface area contributed by atoms with E-state index < -0.39 is 11.7 Å². The molecule has 0 radical (unpaired) electrons. The fourth-order valence-corrected chi connectivity index (χ4v) is 2.60. The first kappa shape index (κ1) is 17.7. The number of aromatic nitrogens is 1. The Bertz CT molecular complexity index is 952. The van der Waals surface area contributed by atoms with Gasteiger partial charge in [-0.1, -0.05) is 30.3 Å². The van der Waals surface area contributed by atoms with Crippen LogP contribution in [0.15, 0.2) is 66.9 Å². The highest BCUT2D eigenvalue weighted by molar-refractivity contribution is 6.06. The third-order valence-electron chi connectivity index (χ3n) is 3.91. The number of alkyl halides is 3. The first-order valence-electron chi connectivity index (χ1n) is 7.86. The van der Waals surface area contributed by atoms with Gasteiger partial charge in [-0.2, -0.15) is 13.2 Å². The SMILES string of the molecule is Cc1ccccc1C(=O)Nc1cccnc1-c1cccc(C(F)(F)F)c1. The summed E-state index contributed by atoms with van der Waals surface area (Å²) in [4.78, 5) is 16.7. The van der Waals surface area contributed by atoms with Crippen molar-refractivity contribution in [2.75, 3.05) is 5.32 Å². The summed E-state index contributed by atoms with van der Waals surface area (Å²) in [5, 5.41) is 2.74. The normalized spacial score (nSPS) is 11.2. The van der Waals surface area contributed by atoms with Crippen LogP contribution in [0.2, 0.25) is 0 Å². The fraction of sp³-hybridized carbons (Fsp3) is 0.100. The summed E-state index contributed by atoms with van der Waals surface area (Å²) in [5.74, 6) is -0.343. The number of halogens is 3. The van der Waals surface area contributed by atoms with E-state index in [1.54, 1.807) is 24.3 Å². The molecule has 0 fully saturated rings. The Morgan fingerprint density at radius 3 is 2.50 bits per heavy atom. The molecule has 0 bridgehead atoms. The zero-order chi connectivity index (χ0) is 18.7. The average Bonchev–Trinajstić information content (AvgIpc) is 2.62. The zero-order valence-electron chi connectivity index (χ0n) is 13.8. The molecule has 1 aromatic heterocycles. The van der Waals surface area contributed by atoms with Gasteiger partial charge >= 0.3 is 6.18 Å². The smallest absolute Gasteiger partial charge is 0.320 e. The van der Waals surface area contributed by atoms with Crippen LogP contribution >= 0.6 is 0 Å². The second-order valence-corrected chi connectivity index (χ2v) is 5.75. The van der Waals surface area contributed by atoms with Crippen molar-refractivity contribution < 1.29 is 18.0 Å². The number of rotatable bonds is 3. The van der Waals surface area contributed by atoms with E-state index in [-0.39, 0.29) is 17.2 Å². The Hall–Kier alpha value is -3.15. The van der Waals surface area contributed by atoms with Gasteiger partial charge in [0.05, 0.1) is 16.9 Å². The largest absolute Gasteiger partial charge is 0.416 e. The number of carbonyl (C=O) groups excluding carboxylic acids is 1. The van der Waals surface area contributed by atoms with Crippen molar-refractivity contribution in [3.63, 3.8) is 0 Å². The van der Waals surface area contributed by atoms with Crippen LogP contribution in [0.4, 0.5) is 18.9 Å². The van der Waals surface area contributed by atoms with Crippen LogP contribution in [-0.2, 0) is 6.18 Å². The van der Waals surface area contributed by atoms with Gasteiger partial charge in [0, 0.05) is 17.3 Å². The number of aryl methyl sites for hydroxylation is 1. The Kier molecular flexibility index (Phi) is 4.75. The number of pyridine rings is 1. The summed E-state index contributed by atoms with van der Waals surface area (Å²) in [6.07, 6.45) is -2.98. The van der Waals surface area contributed by atoms with E-state index in [1.165, 1.54) is 18.3 Å². The number of amides is 1. The van der Waals surface area contributed by atoms with Gasteiger partial charge in [-0.25, -0.2) is 0 Å². The Balaban J connectivity index is 1.97. The van der Waals surface area contributed by atoms with Gasteiger partial charge in [0.25, 0.3) is 5.91 Å². The van der Waals surface area contributed by atoms with E-state index in [0.29, 0.717) is 11.3 Å². The third kappa shape index (κ3) is 3.74. The predicted octanol–water partition coefficient (Wildman–Crippen LogP) is 5.33. The molecule has 0 saturated carbocycles. The van der Waals surface area contributed by atoms with Gasteiger partial charge < -0.3 is 5.32 Å². The molecule has 132 valence electrons. The van der Waals surface area contributed by atoms with Gasteiger partial charge in [0.2, 0.25) is 0 Å². The highest BCUT2D eigenvalue weighted by Crippen LogP contribution is 2.33. The maximum Gasteiger partial charge on any atom is 0.416 e. The quantitative estimate of drug-likeness (QED) is 0.689. The Morgan fingerprint density at radius 1 is 1.00 bits per heavy atom. The van der Waals surface area contributed by atoms with Crippen molar-refractivity contribution in [1.82, 2.24) is 4.98 Å². The summed E-state index contributed by atoms with van der Waals surface area (Å²) < 4.78 is 38.9. The predicted molar refractivity (Wildman–Crippen MR) is 93.8 cm³/mol. The van der Waals surface area contributed by atoms with E-state index in [9.17, 15) is 18.0 Å². The molecule has 0 spiro atoms. The van der Waals surface area contributed by atoms with Crippen molar-refractivity contribution in [3.05, 3.63) is 83.6 Å². The number of benzene rings is 2. The van der Waals surface area contributed by atoms with Crippen LogP contribution in [0.25, 0.3) is 11.3 Å². The lowest BCUT2D eigenvalue weighted by molar-refractivity contribution is -0.137. The summed E-state index contributed by atoms with van der Waals surface area (Å²) >= 11 is 0. The average molecular weight is 356 g/mol. The van der Waals surface area contributed by atoms with Gasteiger partial charge in [-0.05, 0) is 42.8 Å². The molecule has 1 N–H and O–H groups in total. The van der Waals surface area contributed by atoms with Crippen molar-refractivity contribution in [1.29, 1.82) is 0 Å². The second kappa shape index (κ2) is 7.00. The van der Waals surface area contributed by atoms with E-state index in [0.717, 1.165) is 17.7 Å². The lowest BCUT2D eigenvalue weighted by Gasteiger charge is -2.13. The molecule has 0 atom stereocenters. The second-order valence-electron chi connectivity index (χ2n) is 5.75. The molecule has 3 rings (SSSR count). The lowest BCUT2D eigenvalue weighted by atomic mass is 10.0. The summed E-state index contributed by atoms with van der Waals surface area (Å²) in [7, 11) is 0. The van der Waals surface area contributed by atoms with Crippen LogP contribution in [0.3, 0.4) is 0 Å². The van der Waals surface area contributed by atoms with Gasteiger partial charge in [0.1, 0.15) is 0 Å². The number of hydrogen-bond acceptors (Lipinski definition) is 2. The topological polar surface area (TPSA) is 42.0 Å². The standard InChI is InChI=1S/C20H15F3N2O/c1-13-6-2-3-9-16(13)19(26)25-17-10-5-11-24-18(17)14-7-4-8-15(12-14)20(21,22)23/h2-12H,1H3,(H,25,26). The molecule has 0 unspecified atom stereocenters. The lowest BCUT2D eigenvalue weighted by Crippen LogP contribution is -2.14. The molecule has 0 aliphatic carbocycles. The van der Waals surface area contributed by atoms with E-state index in [1.807, 2.05) is 19.1 Å². The van der Waals surface area contributed by atoms with Gasteiger partial charge in [0.15, 0.2) is 0 Å². The van der Waals surface area contributed by atoms with Crippen LogP contribution < -0.4 is 5.32 Å². The van der Waals surface area contributed by atoms with Crippen LogP contribution in [0.1, 0.15) is 21.5 Å². The Morgan fingerprint density at radius 2 is 1.77 bits per heavy atom. The van der Waals surface area contributed by atoms with Gasteiger partial charge in [-0.3, -0.25) is 9.78 Å². The highest BCUT2D eigenvalue weighted by atomic mass is 19.4. The molecule has 1 heterocycles. The minimum absolute atomic E-state index is 0.278. The maximum atomic E-state index is 13.0. The van der Waals surface area contributed by atoms with Crippen molar-refractivity contribution >= 4 is 11.6 Å². The van der Waals surface area contributed by atoms with Crippen LogP contribution in [0, 0.1) is 6.92 Å². The molecule has 0 aliphatic rings. The minimum Gasteiger partial charge on any atom is -0.320 e. The van der Waals surface area contributed by atoms with Crippen molar-refractivity contribution in [3.8, 4) is 11.3 Å². The van der Waals surface area contributed by atoms with Gasteiger partial charge in [-0.15, -0.1) is 0 Å². The molecule has 2 aromatic carbocycles. The highest BCUT2D eigenvalue weighted by Gasteiger charge is 2.30. The number of anilines is 1. The van der Waals surface area contributed by atoms with E-state index in [4.69, 9.17) is 0 Å². The Labute approximate surface area is 148 Å². The first-order chi connectivity index (χ1) is 12.4. The van der Waals surface area contributed by atoms with Crippen molar-refractivity contribution in [2.24, 2.45) is 0 Å². The molecular formula is C20H15F3N2O. The molecule has 1 amide bonds.